The zero-order valence-electron chi connectivity index (χ0n) is 19.7. The maximum atomic E-state index is 12.8. The van der Waals surface area contributed by atoms with Gasteiger partial charge in [-0.05, 0) is 67.2 Å². The summed E-state index contributed by atoms with van der Waals surface area (Å²) in [6.45, 7) is 6.23. The van der Waals surface area contributed by atoms with Gasteiger partial charge in [-0.3, -0.25) is 14.4 Å². The number of methoxy groups -OCH3 is 1. The first kappa shape index (κ1) is 25.3. The van der Waals surface area contributed by atoms with Crippen molar-refractivity contribution < 1.29 is 17.9 Å². The highest BCUT2D eigenvalue weighted by Crippen LogP contribution is 2.24. The molecular weight excluding hydrogens is 450 g/mol. The molecule has 0 aromatic heterocycles. The number of hydrogen-bond acceptors (Lipinski definition) is 5. The molecule has 0 spiro atoms. The molecule has 34 heavy (non-hydrogen) atoms. The summed E-state index contributed by atoms with van der Waals surface area (Å²) in [6, 6.07) is 22.4. The highest BCUT2D eigenvalue weighted by Gasteiger charge is 2.20. The molecule has 7 nitrogen and oxygen atoms in total. The smallest absolute Gasteiger partial charge is 0.261 e. The minimum Gasteiger partial charge on any atom is -0.497 e. The van der Waals surface area contributed by atoms with Crippen molar-refractivity contribution in [2.75, 3.05) is 31.5 Å². The lowest BCUT2D eigenvalue weighted by molar-refractivity contribution is 0.0935. The minimum absolute atomic E-state index is 0.0243. The van der Waals surface area contributed by atoms with Crippen molar-refractivity contribution in [3.05, 3.63) is 90.0 Å². The monoisotopic (exact) mass is 481 g/mol. The predicted molar refractivity (Wildman–Crippen MR) is 135 cm³/mol. The summed E-state index contributed by atoms with van der Waals surface area (Å²) in [4.78, 5) is 15.2. The molecule has 0 radical (unpaired) electrons. The van der Waals surface area contributed by atoms with Gasteiger partial charge in [-0.1, -0.05) is 44.2 Å². The molecule has 0 heterocycles. The van der Waals surface area contributed by atoms with Crippen LogP contribution in [0.4, 0.5) is 5.69 Å². The molecule has 8 heteroatoms. The van der Waals surface area contributed by atoms with Gasteiger partial charge in [-0.25, -0.2) is 8.42 Å². The van der Waals surface area contributed by atoms with Crippen LogP contribution in [0.25, 0.3) is 0 Å². The Balaban J connectivity index is 1.71. The van der Waals surface area contributed by atoms with Crippen molar-refractivity contribution in [3.8, 4) is 5.75 Å². The lowest BCUT2D eigenvalue weighted by Gasteiger charge is -2.30. The van der Waals surface area contributed by atoms with Crippen molar-refractivity contribution in [3.63, 3.8) is 0 Å². The van der Waals surface area contributed by atoms with Crippen molar-refractivity contribution in [1.82, 2.24) is 10.2 Å². The quantitative estimate of drug-likeness (QED) is 0.426. The topological polar surface area (TPSA) is 87.7 Å². The van der Waals surface area contributed by atoms with Crippen LogP contribution in [-0.4, -0.2) is 46.0 Å². The SMILES string of the molecule is CCN(CC)C(CNC(=O)c1ccc(S(=O)(=O)Nc2ccccc2)cc1)c1cccc(OC)c1. The number of nitrogens with one attached hydrogen (secondary N) is 2. The standard InChI is InChI=1S/C26H31N3O4S/c1-4-29(5-2)25(21-10-9-13-23(18-21)33-3)19-27-26(30)20-14-16-24(17-15-20)34(31,32)28-22-11-7-6-8-12-22/h6-18,25,28H,4-5,19H2,1-3H3,(H,27,30). The molecule has 0 saturated carbocycles. The summed E-state index contributed by atoms with van der Waals surface area (Å²) >= 11 is 0. The fraction of sp³-hybridized carbons (Fsp3) is 0.269. The van der Waals surface area contributed by atoms with Gasteiger partial charge in [0.25, 0.3) is 15.9 Å². The molecule has 0 saturated heterocycles. The number of carbonyl (C=O) groups is 1. The molecule has 0 aliphatic rings. The number of anilines is 1. The number of ether oxygens (including phenoxy) is 1. The Morgan fingerprint density at radius 1 is 0.941 bits per heavy atom. The average molecular weight is 482 g/mol. The predicted octanol–water partition coefficient (Wildman–Crippen LogP) is 4.31. The van der Waals surface area contributed by atoms with E-state index in [1.165, 1.54) is 24.3 Å². The van der Waals surface area contributed by atoms with Crippen molar-refractivity contribution >= 4 is 21.6 Å². The van der Waals surface area contributed by atoms with Crippen LogP contribution < -0.4 is 14.8 Å². The van der Waals surface area contributed by atoms with Gasteiger partial charge in [0.05, 0.1) is 18.0 Å². The van der Waals surface area contributed by atoms with E-state index < -0.39 is 10.0 Å². The van der Waals surface area contributed by atoms with Crippen LogP contribution in [0.15, 0.2) is 83.8 Å². The molecule has 1 unspecified atom stereocenters. The number of rotatable bonds is 11. The summed E-state index contributed by atoms with van der Waals surface area (Å²) in [5.74, 6) is 0.502. The lowest BCUT2D eigenvalue weighted by atomic mass is 10.0. The van der Waals surface area contributed by atoms with Crippen molar-refractivity contribution in [2.24, 2.45) is 0 Å². The zero-order chi connectivity index (χ0) is 24.6. The number of likely N-dealkylation sites (N-methyl/N-ethyl adjacent to an activating group) is 1. The fourth-order valence-corrected chi connectivity index (χ4v) is 4.83. The minimum atomic E-state index is -3.74. The van der Waals surface area contributed by atoms with Gasteiger partial charge in [0, 0.05) is 17.8 Å². The number of sulfonamides is 1. The molecule has 180 valence electrons. The van der Waals surface area contributed by atoms with Gasteiger partial charge < -0.3 is 10.1 Å². The molecule has 0 aliphatic carbocycles. The molecule has 3 aromatic carbocycles. The number of carbonyl (C=O) groups excluding carboxylic acids is 1. The third-order valence-corrected chi connectivity index (χ3v) is 7.04. The summed E-state index contributed by atoms with van der Waals surface area (Å²) in [7, 11) is -2.11. The Bertz CT molecular complexity index is 1180. The first-order valence-corrected chi connectivity index (χ1v) is 12.7. The second kappa shape index (κ2) is 11.7. The van der Waals surface area contributed by atoms with Gasteiger partial charge in [0.2, 0.25) is 0 Å². The third-order valence-electron chi connectivity index (χ3n) is 5.64. The number of hydrogen-bond donors (Lipinski definition) is 2. The number of amides is 1. The number of benzene rings is 3. The molecular formula is C26H31N3O4S. The maximum Gasteiger partial charge on any atom is 0.261 e. The molecule has 1 atom stereocenters. The summed E-state index contributed by atoms with van der Waals surface area (Å²) in [6.07, 6.45) is 0. The van der Waals surface area contributed by atoms with Crippen LogP contribution in [0.1, 0.15) is 35.8 Å². The Labute approximate surface area is 201 Å². The first-order valence-electron chi connectivity index (χ1n) is 11.2. The second-order valence-corrected chi connectivity index (χ2v) is 9.40. The largest absolute Gasteiger partial charge is 0.497 e. The molecule has 0 fully saturated rings. The van der Waals surface area contributed by atoms with Crippen LogP contribution in [0.2, 0.25) is 0 Å². The van der Waals surface area contributed by atoms with Crippen molar-refractivity contribution in [1.29, 1.82) is 0 Å². The van der Waals surface area contributed by atoms with Crippen molar-refractivity contribution in [2.45, 2.75) is 24.8 Å². The summed E-state index contributed by atoms with van der Waals surface area (Å²) in [5, 5.41) is 3.00. The van der Waals surface area contributed by atoms with E-state index >= 15 is 0 Å². The van der Waals surface area contributed by atoms with Gasteiger partial charge in [-0.2, -0.15) is 0 Å². The van der Waals surface area contributed by atoms with E-state index in [1.807, 2.05) is 30.3 Å². The van der Waals surface area contributed by atoms with E-state index in [0.29, 0.717) is 17.8 Å². The van der Waals surface area contributed by atoms with E-state index in [-0.39, 0.29) is 16.8 Å². The van der Waals surface area contributed by atoms with Gasteiger partial charge in [0.1, 0.15) is 5.75 Å². The van der Waals surface area contributed by atoms with Gasteiger partial charge in [-0.15, -0.1) is 0 Å². The number of nitrogens with zero attached hydrogens (tertiary/aromatic N) is 1. The highest BCUT2D eigenvalue weighted by molar-refractivity contribution is 7.92. The molecule has 3 aromatic rings. The summed E-state index contributed by atoms with van der Waals surface area (Å²) in [5.41, 5.74) is 1.92. The molecule has 1 amide bonds. The third kappa shape index (κ3) is 6.36. The fourth-order valence-electron chi connectivity index (χ4n) is 3.77. The maximum absolute atomic E-state index is 12.8. The van der Waals surface area contributed by atoms with E-state index in [0.717, 1.165) is 24.4 Å². The number of para-hydroxylation sites is 1. The van der Waals surface area contributed by atoms with E-state index in [9.17, 15) is 13.2 Å². The molecule has 0 aliphatic heterocycles. The van der Waals surface area contributed by atoms with E-state index in [2.05, 4.69) is 28.8 Å². The van der Waals surface area contributed by atoms with Gasteiger partial charge >= 0.3 is 0 Å². The van der Waals surface area contributed by atoms with Crippen LogP contribution in [0.3, 0.4) is 0 Å². The Kier molecular flexibility index (Phi) is 8.67. The lowest BCUT2D eigenvalue weighted by Crippen LogP contribution is -2.38. The normalized spacial score (nSPS) is 12.2. The first-order chi connectivity index (χ1) is 16.4. The van der Waals surface area contributed by atoms with Crippen LogP contribution in [0.5, 0.6) is 5.75 Å². The van der Waals surface area contributed by atoms with Gasteiger partial charge in [0.15, 0.2) is 0 Å². The van der Waals surface area contributed by atoms with E-state index in [4.69, 9.17) is 4.74 Å². The zero-order valence-corrected chi connectivity index (χ0v) is 20.5. The Morgan fingerprint density at radius 3 is 2.24 bits per heavy atom. The Morgan fingerprint density at radius 2 is 1.62 bits per heavy atom. The highest BCUT2D eigenvalue weighted by atomic mass is 32.2. The van der Waals surface area contributed by atoms with Crippen LogP contribution >= 0.6 is 0 Å². The molecule has 2 N–H and O–H groups in total. The van der Waals surface area contributed by atoms with E-state index in [1.54, 1.807) is 31.4 Å². The Hall–Kier alpha value is -3.36. The molecule has 0 bridgehead atoms. The van der Waals surface area contributed by atoms with Crippen LogP contribution in [-0.2, 0) is 10.0 Å². The van der Waals surface area contributed by atoms with Crippen LogP contribution in [0, 0.1) is 0 Å². The second-order valence-electron chi connectivity index (χ2n) is 7.72. The summed E-state index contributed by atoms with van der Waals surface area (Å²) < 4.78 is 33.1. The average Bonchev–Trinajstić information content (AvgIpc) is 2.86. The molecule has 3 rings (SSSR count).